The van der Waals surface area contributed by atoms with Crippen LogP contribution in [-0.2, 0) is 4.79 Å². The van der Waals surface area contributed by atoms with Crippen molar-refractivity contribution in [3.8, 4) is 12.3 Å². The topological polar surface area (TPSA) is 20.3 Å². The summed E-state index contributed by atoms with van der Waals surface area (Å²) < 4.78 is 0. The molecule has 0 saturated heterocycles. The van der Waals surface area contributed by atoms with Gasteiger partial charge in [0.15, 0.2) is 0 Å². The van der Waals surface area contributed by atoms with E-state index in [0.29, 0.717) is 17.9 Å². The molecule has 21 heavy (non-hydrogen) atoms. The van der Waals surface area contributed by atoms with Crippen molar-refractivity contribution in [2.45, 2.75) is 58.3 Å². The molecule has 0 heterocycles. The first-order valence-electron chi connectivity index (χ1n) is 8.75. The molecule has 5 aliphatic carbocycles. The van der Waals surface area contributed by atoms with Crippen molar-refractivity contribution in [2.24, 2.45) is 28.6 Å². The molecule has 4 bridgehead atoms. The Bertz CT molecular complexity index is 484. The monoisotopic (exact) mass is 285 g/mol. The lowest BCUT2D eigenvalue weighted by Crippen LogP contribution is -2.57. The fraction of sp³-hybridized carbons (Fsp3) is 0.842. The fourth-order valence-electron chi connectivity index (χ4n) is 6.25. The number of hydrogen-bond donors (Lipinski definition) is 0. The summed E-state index contributed by atoms with van der Waals surface area (Å²) >= 11 is 0. The summed E-state index contributed by atoms with van der Waals surface area (Å²) in [5.74, 6) is 5.47. The summed E-state index contributed by atoms with van der Waals surface area (Å²) in [5, 5.41) is 0. The maximum atomic E-state index is 13.3. The molecule has 2 heteroatoms. The predicted molar refractivity (Wildman–Crippen MR) is 83.4 cm³/mol. The molecular weight excluding hydrogens is 258 g/mol. The number of terminal acetylenes is 1. The Hall–Kier alpha value is -0.970. The minimum Gasteiger partial charge on any atom is -0.331 e. The van der Waals surface area contributed by atoms with Crippen LogP contribution in [0, 0.1) is 40.9 Å². The van der Waals surface area contributed by atoms with Gasteiger partial charge in [-0.15, -0.1) is 6.42 Å². The SMILES string of the molecule is C#CCN(CC1CC1)C(=O)C12CC3CC(CC(C)(C3)C1)C2. The molecule has 0 radical (unpaired) electrons. The van der Waals surface area contributed by atoms with Crippen molar-refractivity contribution in [3.05, 3.63) is 0 Å². The molecule has 5 rings (SSSR count). The average molecular weight is 285 g/mol. The van der Waals surface area contributed by atoms with Gasteiger partial charge in [0, 0.05) is 6.54 Å². The van der Waals surface area contributed by atoms with Crippen LogP contribution in [0.15, 0.2) is 0 Å². The molecule has 114 valence electrons. The van der Waals surface area contributed by atoms with Crippen LogP contribution in [0.4, 0.5) is 0 Å². The molecule has 2 unspecified atom stereocenters. The Morgan fingerprint density at radius 1 is 1.24 bits per heavy atom. The highest BCUT2D eigenvalue weighted by Gasteiger charge is 2.59. The smallest absolute Gasteiger partial charge is 0.229 e. The van der Waals surface area contributed by atoms with Gasteiger partial charge in [-0.3, -0.25) is 4.79 Å². The lowest BCUT2D eigenvalue weighted by molar-refractivity contribution is -0.165. The zero-order valence-electron chi connectivity index (χ0n) is 13.2. The maximum Gasteiger partial charge on any atom is 0.229 e. The molecule has 2 atom stereocenters. The molecule has 2 nitrogen and oxygen atoms in total. The summed E-state index contributed by atoms with van der Waals surface area (Å²) in [5.41, 5.74) is 0.381. The van der Waals surface area contributed by atoms with Gasteiger partial charge in [0.1, 0.15) is 0 Å². The second kappa shape index (κ2) is 4.51. The van der Waals surface area contributed by atoms with Gasteiger partial charge < -0.3 is 4.90 Å². The molecule has 0 aromatic heterocycles. The van der Waals surface area contributed by atoms with E-state index in [-0.39, 0.29) is 5.41 Å². The molecule has 0 aliphatic heterocycles. The highest BCUT2D eigenvalue weighted by atomic mass is 16.2. The number of carbonyl (C=O) groups excluding carboxylic acids is 1. The van der Waals surface area contributed by atoms with Crippen LogP contribution in [0.1, 0.15) is 58.3 Å². The zero-order valence-corrected chi connectivity index (χ0v) is 13.2. The third-order valence-corrected chi connectivity index (χ3v) is 6.55. The van der Waals surface area contributed by atoms with Crippen molar-refractivity contribution >= 4 is 5.91 Å². The second-order valence-corrected chi connectivity index (χ2v) is 8.89. The van der Waals surface area contributed by atoms with Gasteiger partial charge in [-0.1, -0.05) is 12.8 Å². The van der Waals surface area contributed by atoms with Crippen molar-refractivity contribution in [2.75, 3.05) is 13.1 Å². The van der Waals surface area contributed by atoms with Crippen molar-refractivity contribution in [1.82, 2.24) is 4.90 Å². The van der Waals surface area contributed by atoms with Crippen molar-refractivity contribution in [3.63, 3.8) is 0 Å². The highest BCUT2D eigenvalue weighted by Crippen LogP contribution is 2.65. The summed E-state index contributed by atoms with van der Waals surface area (Å²) in [7, 11) is 0. The van der Waals surface area contributed by atoms with Crippen LogP contribution >= 0.6 is 0 Å². The van der Waals surface area contributed by atoms with E-state index in [1.54, 1.807) is 0 Å². The summed E-state index contributed by atoms with van der Waals surface area (Å²) in [6.45, 7) is 3.86. The molecular formula is C19H27NO. The van der Waals surface area contributed by atoms with Crippen LogP contribution in [0.3, 0.4) is 0 Å². The predicted octanol–water partition coefficient (Wildman–Crippen LogP) is 3.46. The molecule has 5 saturated carbocycles. The van der Waals surface area contributed by atoms with Gasteiger partial charge in [0.2, 0.25) is 5.91 Å². The number of hydrogen-bond acceptors (Lipinski definition) is 1. The Morgan fingerprint density at radius 3 is 2.43 bits per heavy atom. The van der Waals surface area contributed by atoms with Gasteiger partial charge in [-0.25, -0.2) is 0 Å². The van der Waals surface area contributed by atoms with Gasteiger partial charge in [-0.2, -0.15) is 0 Å². The number of carbonyl (C=O) groups is 1. The van der Waals surface area contributed by atoms with E-state index in [2.05, 4.69) is 12.8 Å². The van der Waals surface area contributed by atoms with E-state index >= 15 is 0 Å². The van der Waals surface area contributed by atoms with E-state index in [1.165, 1.54) is 32.1 Å². The second-order valence-electron chi connectivity index (χ2n) is 8.89. The summed E-state index contributed by atoms with van der Waals surface area (Å²) in [6, 6.07) is 0. The third kappa shape index (κ3) is 2.30. The largest absolute Gasteiger partial charge is 0.331 e. The molecule has 0 spiro atoms. The lowest BCUT2D eigenvalue weighted by Gasteiger charge is -2.61. The van der Waals surface area contributed by atoms with E-state index < -0.39 is 0 Å². The summed E-state index contributed by atoms with van der Waals surface area (Å²) in [6.07, 6.45) is 15.6. The minimum absolute atomic E-state index is 0.0510. The first-order chi connectivity index (χ1) is 10.0. The third-order valence-electron chi connectivity index (χ3n) is 6.55. The van der Waals surface area contributed by atoms with Crippen molar-refractivity contribution < 1.29 is 4.79 Å². The fourth-order valence-corrected chi connectivity index (χ4v) is 6.25. The van der Waals surface area contributed by atoms with Crippen LogP contribution < -0.4 is 0 Å². The Labute approximate surface area is 128 Å². The lowest BCUT2D eigenvalue weighted by atomic mass is 9.44. The highest BCUT2D eigenvalue weighted by molar-refractivity contribution is 5.83. The molecule has 0 N–H and O–H groups in total. The van der Waals surface area contributed by atoms with Gasteiger partial charge >= 0.3 is 0 Å². The van der Waals surface area contributed by atoms with E-state index in [4.69, 9.17) is 6.42 Å². The zero-order chi connectivity index (χ0) is 14.7. The van der Waals surface area contributed by atoms with Gasteiger partial charge in [0.05, 0.1) is 12.0 Å². The number of amides is 1. The van der Waals surface area contributed by atoms with E-state index in [1.807, 2.05) is 4.90 Å². The van der Waals surface area contributed by atoms with Crippen molar-refractivity contribution in [1.29, 1.82) is 0 Å². The molecule has 5 fully saturated rings. The minimum atomic E-state index is -0.0510. The number of nitrogens with zero attached hydrogens (tertiary/aromatic N) is 1. The van der Waals surface area contributed by atoms with E-state index in [9.17, 15) is 4.79 Å². The van der Waals surface area contributed by atoms with Crippen LogP contribution in [0.25, 0.3) is 0 Å². The average Bonchev–Trinajstić information content (AvgIpc) is 3.18. The maximum absolute atomic E-state index is 13.3. The Balaban J connectivity index is 1.58. The van der Waals surface area contributed by atoms with Crippen LogP contribution in [-0.4, -0.2) is 23.9 Å². The first kappa shape index (κ1) is 13.7. The van der Waals surface area contributed by atoms with Crippen LogP contribution in [0.5, 0.6) is 0 Å². The molecule has 1 amide bonds. The van der Waals surface area contributed by atoms with Gasteiger partial charge in [-0.05, 0) is 74.5 Å². The summed E-state index contributed by atoms with van der Waals surface area (Å²) in [4.78, 5) is 15.4. The standard InChI is InChI=1S/C19H27NO/c1-3-6-20(12-14-4-5-14)17(21)19-10-15-7-16(11-19)9-18(2,8-15)13-19/h1,14-16H,4-13H2,2H3. The van der Waals surface area contributed by atoms with E-state index in [0.717, 1.165) is 43.6 Å². The Kier molecular flexibility index (Phi) is 2.94. The molecule has 5 aliphatic rings. The first-order valence-corrected chi connectivity index (χ1v) is 8.75. The van der Waals surface area contributed by atoms with Gasteiger partial charge in [0.25, 0.3) is 0 Å². The molecule has 0 aromatic carbocycles. The van der Waals surface area contributed by atoms with Crippen LogP contribution in [0.2, 0.25) is 0 Å². The Morgan fingerprint density at radius 2 is 1.90 bits per heavy atom. The number of rotatable bonds is 4. The normalized spacial score (nSPS) is 43.6. The quantitative estimate of drug-likeness (QED) is 0.724. The molecule has 0 aromatic rings.